The molecule has 0 radical (unpaired) electrons. The molecule has 3 unspecified atom stereocenters. The van der Waals surface area contributed by atoms with E-state index in [-0.39, 0.29) is 12.3 Å². The molecule has 1 amide bonds. The second-order valence-corrected chi connectivity index (χ2v) is 5.11. The van der Waals surface area contributed by atoms with Crippen LogP contribution in [-0.2, 0) is 14.3 Å². The van der Waals surface area contributed by atoms with Crippen LogP contribution in [0.4, 0.5) is 0 Å². The number of carbonyl (C=O) groups is 2. The highest BCUT2D eigenvalue weighted by Crippen LogP contribution is 2.21. The van der Waals surface area contributed by atoms with Gasteiger partial charge in [0.25, 0.3) is 0 Å². The zero-order valence-corrected chi connectivity index (χ0v) is 11.8. The van der Waals surface area contributed by atoms with Gasteiger partial charge in [-0.2, -0.15) is 0 Å². The first-order chi connectivity index (χ1) is 10.6. The number of hydrogen-bond donors (Lipinski definition) is 2. The van der Waals surface area contributed by atoms with Crippen LogP contribution in [0.25, 0.3) is 0 Å². The molecule has 0 aromatic rings. The number of ether oxygens (including phenoxy) is 1. The molecule has 2 N–H and O–H groups in total. The Balaban J connectivity index is 1.75. The lowest BCUT2D eigenvalue weighted by Gasteiger charge is -2.31. The second kappa shape index (κ2) is 6.03. The van der Waals surface area contributed by atoms with Gasteiger partial charge >= 0.3 is 5.97 Å². The third-order valence-corrected chi connectivity index (χ3v) is 3.58. The first kappa shape index (κ1) is 14.3. The Morgan fingerprint density at radius 3 is 2.86 bits per heavy atom. The highest BCUT2D eigenvalue weighted by molar-refractivity contribution is 5.86. The second-order valence-electron chi connectivity index (χ2n) is 5.11. The number of hydrogen-bond acceptors (Lipinski definition) is 5. The highest BCUT2D eigenvalue weighted by atomic mass is 16.6. The van der Waals surface area contributed by atoms with Crippen molar-refractivity contribution in [1.82, 2.24) is 10.2 Å². The van der Waals surface area contributed by atoms with E-state index in [2.05, 4.69) is 10.1 Å². The summed E-state index contributed by atoms with van der Waals surface area (Å²) in [4.78, 5) is 25.4. The Hall–Kier alpha value is -2.60. The van der Waals surface area contributed by atoms with Crippen LogP contribution in [0.1, 0.15) is 6.42 Å². The fourth-order valence-corrected chi connectivity index (χ4v) is 2.49. The standard InChI is InChI=1S/C16H16N2O4/c19-14-10-12(16(21)22-14)17-15(20)13-8-5-7-11-6-3-1-2-4-9-18(11)13/h1-9,12-13,16,21H,10H2,(H,17,20). The Morgan fingerprint density at radius 2 is 2.09 bits per heavy atom. The molecule has 114 valence electrons. The van der Waals surface area contributed by atoms with E-state index in [0.717, 1.165) is 5.70 Å². The number of aliphatic hydroxyl groups excluding tert-OH is 1. The van der Waals surface area contributed by atoms with E-state index < -0.39 is 24.3 Å². The molecule has 6 nitrogen and oxygen atoms in total. The van der Waals surface area contributed by atoms with E-state index in [1.54, 1.807) is 6.08 Å². The van der Waals surface area contributed by atoms with E-state index in [0.29, 0.717) is 0 Å². The first-order valence-corrected chi connectivity index (χ1v) is 7.01. The Labute approximate surface area is 127 Å². The largest absolute Gasteiger partial charge is 0.434 e. The zero-order valence-electron chi connectivity index (χ0n) is 11.8. The minimum absolute atomic E-state index is 0.0233. The average molecular weight is 300 g/mol. The summed E-state index contributed by atoms with van der Waals surface area (Å²) >= 11 is 0. The summed E-state index contributed by atoms with van der Waals surface area (Å²) in [5, 5.41) is 12.3. The van der Waals surface area contributed by atoms with Gasteiger partial charge in [-0.15, -0.1) is 0 Å². The number of amides is 1. The van der Waals surface area contributed by atoms with Crippen molar-refractivity contribution >= 4 is 11.9 Å². The molecule has 3 rings (SSSR count). The Morgan fingerprint density at radius 1 is 1.27 bits per heavy atom. The van der Waals surface area contributed by atoms with Gasteiger partial charge in [0, 0.05) is 11.9 Å². The molecule has 0 saturated carbocycles. The summed E-state index contributed by atoms with van der Waals surface area (Å²) in [7, 11) is 0. The molecule has 3 heterocycles. The van der Waals surface area contributed by atoms with Crippen LogP contribution in [0.2, 0.25) is 0 Å². The average Bonchev–Trinajstić information content (AvgIpc) is 2.77. The molecular weight excluding hydrogens is 284 g/mol. The summed E-state index contributed by atoms with van der Waals surface area (Å²) in [5.74, 6) is -0.816. The number of allylic oxidation sites excluding steroid dienone is 7. The minimum Gasteiger partial charge on any atom is -0.434 e. The molecule has 3 aliphatic heterocycles. The van der Waals surface area contributed by atoms with Crippen LogP contribution in [0, 0.1) is 0 Å². The minimum atomic E-state index is -1.29. The first-order valence-electron chi connectivity index (χ1n) is 7.01. The SMILES string of the molecule is O=C1CC(NC(=O)C2C=CC=C3C=CC=CC=CN32)C(O)O1. The lowest BCUT2D eigenvalue weighted by molar-refractivity contribution is -0.155. The summed E-state index contributed by atoms with van der Waals surface area (Å²) < 4.78 is 4.63. The van der Waals surface area contributed by atoms with Gasteiger partial charge in [-0.3, -0.25) is 9.59 Å². The molecule has 1 fully saturated rings. The van der Waals surface area contributed by atoms with Crippen molar-refractivity contribution in [2.75, 3.05) is 0 Å². The number of nitrogens with zero attached hydrogens (tertiary/aromatic N) is 1. The van der Waals surface area contributed by atoms with Crippen LogP contribution in [0.15, 0.2) is 60.5 Å². The fraction of sp³-hybridized carbons (Fsp3) is 0.250. The van der Waals surface area contributed by atoms with Gasteiger partial charge in [0.15, 0.2) is 0 Å². The fourth-order valence-electron chi connectivity index (χ4n) is 2.49. The normalized spacial score (nSPS) is 29.5. The number of nitrogens with one attached hydrogen (secondary N) is 1. The lowest BCUT2D eigenvalue weighted by Crippen LogP contribution is -2.49. The third kappa shape index (κ3) is 2.87. The predicted octanol–water partition coefficient (Wildman–Crippen LogP) is 0.500. The van der Waals surface area contributed by atoms with Gasteiger partial charge in [-0.1, -0.05) is 30.4 Å². The van der Waals surface area contributed by atoms with Gasteiger partial charge < -0.3 is 20.1 Å². The summed E-state index contributed by atoms with van der Waals surface area (Å²) in [6, 6.07) is -1.26. The van der Waals surface area contributed by atoms with Gasteiger partial charge in [0.1, 0.15) is 12.1 Å². The topological polar surface area (TPSA) is 78.9 Å². The van der Waals surface area contributed by atoms with Gasteiger partial charge in [-0.25, -0.2) is 0 Å². The molecule has 0 spiro atoms. The van der Waals surface area contributed by atoms with Crippen LogP contribution >= 0.6 is 0 Å². The van der Waals surface area contributed by atoms with Gasteiger partial charge in [-0.05, 0) is 18.2 Å². The molecule has 1 saturated heterocycles. The molecule has 3 aliphatic rings. The van der Waals surface area contributed by atoms with E-state index >= 15 is 0 Å². The quantitative estimate of drug-likeness (QED) is 0.726. The van der Waals surface area contributed by atoms with Crippen molar-refractivity contribution in [3.05, 3.63) is 60.5 Å². The van der Waals surface area contributed by atoms with Crippen molar-refractivity contribution in [2.45, 2.75) is 24.8 Å². The number of fused-ring (bicyclic) bond motifs is 1. The number of carbonyl (C=O) groups excluding carboxylic acids is 2. The molecule has 0 aliphatic carbocycles. The van der Waals surface area contributed by atoms with Gasteiger partial charge in [0.2, 0.25) is 12.2 Å². The van der Waals surface area contributed by atoms with E-state index in [1.165, 1.54) is 0 Å². The number of aliphatic hydroxyl groups is 1. The summed E-state index contributed by atoms with van der Waals surface area (Å²) in [6.07, 6.45) is 15.4. The van der Waals surface area contributed by atoms with Crippen molar-refractivity contribution < 1.29 is 19.4 Å². The van der Waals surface area contributed by atoms with Gasteiger partial charge in [0.05, 0.1) is 6.42 Å². The zero-order chi connectivity index (χ0) is 15.5. The molecule has 0 aromatic heterocycles. The maximum atomic E-state index is 12.5. The molecular formula is C16H16N2O4. The number of esters is 1. The smallest absolute Gasteiger partial charge is 0.310 e. The molecule has 0 aromatic carbocycles. The van der Waals surface area contributed by atoms with Crippen molar-refractivity contribution in [1.29, 1.82) is 0 Å². The number of rotatable bonds is 2. The Kier molecular flexibility index (Phi) is 3.93. The van der Waals surface area contributed by atoms with Crippen molar-refractivity contribution in [3.8, 4) is 0 Å². The summed E-state index contributed by atoms with van der Waals surface area (Å²) in [6.45, 7) is 0. The number of cyclic esters (lactones) is 1. The molecule has 3 atom stereocenters. The third-order valence-electron chi connectivity index (χ3n) is 3.58. The maximum Gasteiger partial charge on any atom is 0.310 e. The monoisotopic (exact) mass is 300 g/mol. The lowest BCUT2D eigenvalue weighted by atomic mass is 10.1. The van der Waals surface area contributed by atoms with Crippen molar-refractivity contribution in [2.24, 2.45) is 0 Å². The van der Waals surface area contributed by atoms with Crippen molar-refractivity contribution in [3.63, 3.8) is 0 Å². The van der Waals surface area contributed by atoms with Crippen LogP contribution in [0.5, 0.6) is 0 Å². The Bertz CT molecular complexity index is 630. The van der Waals surface area contributed by atoms with Crippen LogP contribution < -0.4 is 5.32 Å². The molecule has 0 bridgehead atoms. The molecule has 6 heteroatoms. The van der Waals surface area contributed by atoms with E-state index in [9.17, 15) is 14.7 Å². The molecule has 22 heavy (non-hydrogen) atoms. The maximum absolute atomic E-state index is 12.5. The van der Waals surface area contributed by atoms with Crippen LogP contribution in [-0.4, -0.2) is 40.3 Å². The van der Waals surface area contributed by atoms with E-state index in [4.69, 9.17) is 0 Å². The predicted molar refractivity (Wildman–Crippen MR) is 78.9 cm³/mol. The van der Waals surface area contributed by atoms with Crippen LogP contribution in [0.3, 0.4) is 0 Å². The van der Waals surface area contributed by atoms with E-state index in [1.807, 2.05) is 53.6 Å². The highest BCUT2D eigenvalue weighted by Gasteiger charge is 2.36. The summed E-state index contributed by atoms with van der Waals surface area (Å²) in [5.41, 5.74) is 0.877.